The standard InChI is InChI=1S/C11H12N2O3S3/c1-2-16-11(17)12-10-13(19(14,15)8-18-10)9-6-4-3-5-7-9/h3-7H,2,8H2,1H3. The molecule has 1 aliphatic heterocycles. The maximum atomic E-state index is 12.1. The SMILES string of the molecule is CCOC(=S)N=C1SCS(=O)(=O)N1c1ccccc1. The Labute approximate surface area is 121 Å². The van der Waals surface area contributed by atoms with Gasteiger partial charge in [0.05, 0.1) is 12.3 Å². The topological polar surface area (TPSA) is 59.0 Å². The quantitative estimate of drug-likeness (QED) is 0.783. The summed E-state index contributed by atoms with van der Waals surface area (Å²) >= 11 is 6.05. The normalized spacial score (nSPS) is 19.6. The fraction of sp³-hybridized carbons (Fsp3) is 0.273. The molecule has 0 amide bonds. The molecule has 0 unspecified atom stereocenters. The number of aliphatic imine (C=N–C) groups is 1. The molecular weight excluding hydrogens is 304 g/mol. The van der Waals surface area contributed by atoms with Crippen molar-refractivity contribution in [2.24, 2.45) is 4.99 Å². The number of para-hydroxylation sites is 1. The molecule has 19 heavy (non-hydrogen) atoms. The van der Waals surface area contributed by atoms with Gasteiger partial charge in [0.1, 0.15) is 5.08 Å². The molecule has 1 aromatic carbocycles. The molecule has 0 bridgehead atoms. The molecule has 5 nitrogen and oxygen atoms in total. The smallest absolute Gasteiger partial charge is 0.285 e. The van der Waals surface area contributed by atoms with Gasteiger partial charge < -0.3 is 4.74 Å². The van der Waals surface area contributed by atoms with Gasteiger partial charge in [-0.15, -0.1) is 0 Å². The number of thiocarbonyl (C=S) groups is 1. The molecule has 1 aliphatic rings. The number of amidine groups is 1. The number of nitrogens with zero attached hydrogens (tertiary/aromatic N) is 2. The van der Waals surface area contributed by atoms with Crippen molar-refractivity contribution in [2.45, 2.75) is 6.92 Å². The monoisotopic (exact) mass is 316 g/mol. The van der Waals surface area contributed by atoms with Crippen LogP contribution in [0.5, 0.6) is 0 Å². The van der Waals surface area contributed by atoms with Crippen molar-refractivity contribution in [1.82, 2.24) is 0 Å². The van der Waals surface area contributed by atoms with Gasteiger partial charge in [-0.05, 0) is 31.3 Å². The zero-order valence-electron chi connectivity index (χ0n) is 10.1. The Morgan fingerprint density at radius 3 is 2.79 bits per heavy atom. The van der Waals surface area contributed by atoms with Gasteiger partial charge in [-0.25, -0.2) is 12.7 Å². The third-order valence-corrected chi connectivity index (χ3v) is 5.69. The summed E-state index contributed by atoms with van der Waals surface area (Å²) in [4.78, 5) is 4.05. The third-order valence-electron chi connectivity index (χ3n) is 2.23. The van der Waals surface area contributed by atoms with E-state index in [-0.39, 0.29) is 10.3 Å². The van der Waals surface area contributed by atoms with Crippen molar-refractivity contribution in [3.05, 3.63) is 30.3 Å². The van der Waals surface area contributed by atoms with Crippen LogP contribution in [0.1, 0.15) is 6.92 Å². The summed E-state index contributed by atoms with van der Waals surface area (Å²) in [6, 6.07) is 8.78. The van der Waals surface area contributed by atoms with E-state index in [1.165, 1.54) is 4.31 Å². The Kier molecular flexibility index (Phi) is 4.43. The second kappa shape index (κ2) is 5.89. The second-order valence-corrected chi connectivity index (χ2v) is 7.04. The van der Waals surface area contributed by atoms with Crippen LogP contribution < -0.4 is 4.31 Å². The molecule has 1 heterocycles. The Morgan fingerprint density at radius 1 is 1.47 bits per heavy atom. The van der Waals surface area contributed by atoms with E-state index in [0.717, 1.165) is 11.8 Å². The van der Waals surface area contributed by atoms with Crippen LogP contribution in [-0.4, -0.2) is 30.5 Å². The maximum Gasteiger partial charge on any atom is 0.285 e. The number of sulfonamides is 1. The predicted octanol–water partition coefficient (Wildman–Crippen LogP) is 2.20. The van der Waals surface area contributed by atoms with Gasteiger partial charge >= 0.3 is 0 Å². The first-order valence-electron chi connectivity index (χ1n) is 5.51. The molecule has 0 atom stereocenters. The van der Waals surface area contributed by atoms with Gasteiger partial charge in [-0.3, -0.25) is 0 Å². The fourth-order valence-corrected chi connectivity index (χ4v) is 4.80. The number of anilines is 1. The van der Waals surface area contributed by atoms with Crippen LogP contribution in [0.3, 0.4) is 0 Å². The average Bonchev–Trinajstić information content (AvgIpc) is 2.66. The molecular formula is C11H12N2O3S3. The summed E-state index contributed by atoms with van der Waals surface area (Å²) in [5, 5.41) is 0.322. The first-order chi connectivity index (χ1) is 9.04. The van der Waals surface area contributed by atoms with E-state index in [1.54, 1.807) is 31.2 Å². The van der Waals surface area contributed by atoms with Crippen LogP contribution in [0.4, 0.5) is 5.69 Å². The molecule has 0 N–H and O–H groups in total. The van der Waals surface area contributed by atoms with Gasteiger partial charge in [0, 0.05) is 0 Å². The molecule has 0 spiro atoms. The number of hydrogen-bond acceptors (Lipinski definition) is 5. The highest BCUT2D eigenvalue weighted by Crippen LogP contribution is 2.31. The zero-order valence-corrected chi connectivity index (χ0v) is 12.6. The Bertz CT molecular complexity index is 599. The Hall–Kier alpha value is -1.12. The number of hydrogen-bond donors (Lipinski definition) is 0. The van der Waals surface area contributed by atoms with Crippen LogP contribution in [0, 0.1) is 0 Å². The molecule has 1 fully saturated rings. The number of ether oxygens (including phenoxy) is 1. The van der Waals surface area contributed by atoms with Crippen LogP contribution in [-0.2, 0) is 14.8 Å². The number of benzene rings is 1. The molecule has 0 radical (unpaired) electrons. The molecule has 0 saturated carbocycles. The number of thioether (sulfide) groups is 1. The van der Waals surface area contributed by atoms with E-state index < -0.39 is 10.0 Å². The average molecular weight is 316 g/mol. The van der Waals surface area contributed by atoms with Crippen molar-refractivity contribution in [3.63, 3.8) is 0 Å². The van der Waals surface area contributed by atoms with E-state index in [1.807, 2.05) is 6.07 Å². The van der Waals surface area contributed by atoms with Gasteiger partial charge in [-0.1, -0.05) is 30.0 Å². The van der Waals surface area contributed by atoms with Crippen LogP contribution >= 0.6 is 24.0 Å². The molecule has 1 saturated heterocycles. The second-order valence-electron chi connectivity index (χ2n) is 3.57. The number of rotatable bonds is 2. The first-order valence-corrected chi connectivity index (χ1v) is 8.51. The van der Waals surface area contributed by atoms with Gasteiger partial charge in [0.25, 0.3) is 15.2 Å². The summed E-state index contributed by atoms with van der Waals surface area (Å²) in [5.41, 5.74) is 0.547. The van der Waals surface area contributed by atoms with E-state index in [2.05, 4.69) is 4.99 Å². The molecule has 2 rings (SSSR count). The molecule has 1 aromatic rings. The zero-order chi connectivity index (χ0) is 13.9. The van der Waals surface area contributed by atoms with E-state index >= 15 is 0 Å². The fourth-order valence-electron chi connectivity index (χ4n) is 1.50. The first kappa shape index (κ1) is 14.3. The van der Waals surface area contributed by atoms with Crippen LogP contribution in [0.15, 0.2) is 35.3 Å². The largest absolute Gasteiger partial charge is 0.470 e. The summed E-state index contributed by atoms with van der Waals surface area (Å²) < 4.78 is 30.4. The predicted molar refractivity (Wildman–Crippen MR) is 82.0 cm³/mol. The summed E-state index contributed by atoms with van der Waals surface area (Å²) in [6.45, 7) is 2.19. The van der Waals surface area contributed by atoms with Crippen molar-refractivity contribution in [1.29, 1.82) is 0 Å². The van der Waals surface area contributed by atoms with Crippen molar-refractivity contribution in [2.75, 3.05) is 16.0 Å². The van der Waals surface area contributed by atoms with Crippen LogP contribution in [0.25, 0.3) is 0 Å². The van der Waals surface area contributed by atoms with Crippen molar-refractivity contribution >= 4 is 50.0 Å². The van der Waals surface area contributed by atoms with E-state index in [9.17, 15) is 8.42 Å². The molecule has 0 aliphatic carbocycles. The minimum absolute atomic E-state index is 0.0445. The van der Waals surface area contributed by atoms with Crippen molar-refractivity contribution < 1.29 is 13.2 Å². The minimum Gasteiger partial charge on any atom is -0.470 e. The Morgan fingerprint density at radius 2 is 2.16 bits per heavy atom. The van der Waals surface area contributed by atoms with Crippen LogP contribution in [0.2, 0.25) is 0 Å². The lowest BCUT2D eigenvalue weighted by Gasteiger charge is -2.16. The summed E-state index contributed by atoms with van der Waals surface area (Å²) in [5.74, 6) is 0. The maximum absolute atomic E-state index is 12.1. The lowest BCUT2D eigenvalue weighted by Crippen LogP contribution is -2.29. The van der Waals surface area contributed by atoms with E-state index in [4.69, 9.17) is 17.0 Å². The van der Waals surface area contributed by atoms with Gasteiger partial charge in [0.2, 0.25) is 0 Å². The van der Waals surface area contributed by atoms with E-state index in [0.29, 0.717) is 17.5 Å². The Balaban J connectivity index is 2.38. The lowest BCUT2D eigenvalue weighted by atomic mass is 10.3. The highest BCUT2D eigenvalue weighted by molar-refractivity contribution is 8.27. The third kappa shape index (κ3) is 3.26. The molecule has 0 aromatic heterocycles. The van der Waals surface area contributed by atoms with Gasteiger partial charge in [-0.2, -0.15) is 4.99 Å². The van der Waals surface area contributed by atoms with Crippen molar-refractivity contribution in [3.8, 4) is 0 Å². The summed E-state index contributed by atoms with van der Waals surface area (Å²) in [6.07, 6.45) is 0. The summed E-state index contributed by atoms with van der Waals surface area (Å²) in [7, 11) is -3.40. The highest BCUT2D eigenvalue weighted by Gasteiger charge is 2.35. The lowest BCUT2D eigenvalue weighted by molar-refractivity contribution is 0.332. The highest BCUT2D eigenvalue weighted by atomic mass is 32.3. The molecule has 8 heteroatoms. The van der Waals surface area contributed by atoms with Gasteiger partial charge in [0.15, 0.2) is 5.17 Å². The molecule has 102 valence electrons. The minimum atomic E-state index is -3.40.